The molecule has 0 aromatic heterocycles. The highest BCUT2D eigenvalue weighted by atomic mass is 79.9. The van der Waals surface area contributed by atoms with E-state index >= 15 is 0 Å². The fraction of sp³-hybridized carbons (Fsp3) is 0.222. The lowest BCUT2D eigenvalue weighted by Crippen LogP contribution is -1.98. The third-order valence-electron chi connectivity index (χ3n) is 1.62. The van der Waals surface area contributed by atoms with E-state index in [1.807, 2.05) is 0 Å². The topological polar surface area (TPSA) is 26.3 Å². The number of rotatable bonds is 2. The Labute approximate surface area is 83.8 Å². The SMILES string of the molecule is COc1cc(Br)c(F)cc1C(C)=O. The van der Waals surface area contributed by atoms with Gasteiger partial charge in [-0.15, -0.1) is 0 Å². The second-order valence-electron chi connectivity index (χ2n) is 2.52. The summed E-state index contributed by atoms with van der Waals surface area (Å²) in [4.78, 5) is 11.0. The molecule has 0 saturated carbocycles. The number of ether oxygens (including phenoxy) is 1. The molecule has 0 aliphatic heterocycles. The third kappa shape index (κ3) is 2.06. The van der Waals surface area contributed by atoms with E-state index in [1.54, 1.807) is 0 Å². The Bertz CT molecular complexity index is 350. The number of hydrogen-bond acceptors (Lipinski definition) is 2. The number of methoxy groups -OCH3 is 1. The van der Waals surface area contributed by atoms with Crippen molar-refractivity contribution in [2.24, 2.45) is 0 Å². The minimum atomic E-state index is -0.467. The lowest BCUT2D eigenvalue weighted by molar-refractivity contribution is 0.101. The first-order valence-corrected chi connectivity index (χ1v) is 4.39. The number of benzene rings is 1. The van der Waals surface area contributed by atoms with E-state index in [0.29, 0.717) is 5.75 Å². The van der Waals surface area contributed by atoms with Gasteiger partial charge in [0, 0.05) is 0 Å². The molecule has 0 bridgehead atoms. The van der Waals surface area contributed by atoms with Crippen molar-refractivity contribution in [3.05, 3.63) is 28.0 Å². The van der Waals surface area contributed by atoms with Gasteiger partial charge < -0.3 is 4.74 Å². The van der Waals surface area contributed by atoms with Crippen molar-refractivity contribution in [1.82, 2.24) is 0 Å². The van der Waals surface area contributed by atoms with Crippen molar-refractivity contribution in [3.63, 3.8) is 0 Å². The fourth-order valence-electron chi connectivity index (χ4n) is 0.973. The molecular formula is C9H8BrFO2. The molecule has 0 N–H and O–H groups in total. The van der Waals surface area contributed by atoms with Crippen molar-refractivity contribution >= 4 is 21.7 Å². The monoisotopic (exact) mass is 246 g/mol. The Morgan fingerprint density at radius 1 is 1.54 bits per heavy atom. The predicted molar refractivity (Wildman–Crippen MR) is 50.7 cm³/mol. The van der Waals surface area contributed by atoms with Crippen molar-refractivity contribution in [1.29, 1.82) is 0 Å². The summed E-state index contributed by atoms with van der Waals surface area (Å²) in [6.45, 7) is 1.37. The summed E-state index contributed by atoms with van der Waals surface area (Å²) in [5.74, 6) is -0.310. The second kappa shape index (κ2) is 3.87. The minimum absolute atomic E-state index is 0.219. The largest absolute Gasteiger partial charge is 0.496 e. The number of carbonyl (C=O) groups is 1. The van der Waals surface area contributed by atoms with Crippen LogP contribution in [0.2, 0.25) is 0 Å². The molecule has 0 amide bonds. The van der Waals surface area contributed by atoms with Crippen LogP contribution in [0.4, 0.5) is 4.39 Å². The van der Waals surface area contributed by atoms with Gasteiger partial charge in [-0.05, 0) is 35.0 Å². The highest BCUT2D eigenvalue weighted by Crippen LogP contribution is 2.26. The normalized spacial score (nSPS) is 9.85. The molecule has 0 aliphatic carbocycles. The average Bonchev–Trinajstić information content (AvgIpc) is 2.08. The maximum Gasteiger partial charge on any atom is 0.163 e. The Morgan fingerprint density at radius 3 is 2.62 bits per heavy atom. The lowest BCUT2D eigenvalue weighted by Gasteiger charge is -2.06. The summed E-state index contributed by atoms with van der Waals surface area (Å²) in [6, 6.07) is 2.59. The number of ketones is 1. The minimum Gasteiger partial charge on any atom is -0.496 e. The Morgan fingerprint density at radius 2 is 2.15 bits per heavy atom. The van der Waals surface area contributed by atoms with Crippen LogP contribution in [-0.4, -0.2) is 12.9 Å². The maximum absolute atomic E-state index is 13.0. The fourth-order valence-corrected chi connectivity index (χ4v) is 1.29. The highest BCUT2D eigenvalue weighted by molar-refractivity contribution is 9.10. The zero-order chi connectivity index (χ0) is 10.0. The van der Waals surface area contributed by atoms with Gasteiger partial charge >= 0.3 is 0 Å². The van der Waals surface area contributed by atoms with E-state index in [4.69, 9.17) is 4.74 Å². The van der Waals surface area contributed by atoms with Crippen LogP contribution in [-0.2, 0) is 0 Å². The predicted octanol–water partition coefficient (Wildman–Crippen LogP) is 2.80. The lowest BCUT2D eigenvalue weighted by atomic mass is 10.1. The van der Waals surface area contributed by atoms with Gasteiger partial charge in [0.25, 0.3) is 0 Å². The molecule has 0 heterocycles. The van der Waals surface area contributed by atoms with E-state index in [9.17, 15) is 9.18 Å². The van der Waals surface area contributed by atoms with Crippen molar-refractivity contribution in [2.75, 3.05) is 7.11 Å². The zero-order valence-corrected chi connectivity index (χ0v) is 8.81. The van der Waals surface area contributed by atoms with E-state index in [1.165, 1.54) is 20.1 Å². The van der Waals surface area contributed by atoms with Gasteiger partial charge in [-0.3, -0.25) is 4.79 Å². The summed E-state index contributed by atoms with van der Waals surface area (Å²) in [7, 11) is 1.44. The number of halogens is 2. The molecular weight excluding hydrogens is 239 g/mol. The van der Waals surface area contributed by atoms with Crippen LogP contribution in [0.15, 0.2) is 16.6 Å². The zero-order valence-electron chi connectivity index (χ0n) is 7.23. The first kappa shape index (κ1) is 10.2. The van der Waals surface area contributed by atoms with Crippen molar-refractivity contribution < 1.29 is 13.9 Å². The van der Waals surface area contributed by atoms with E-state index in [2.05, 4.69) is 15.9 Å². The summed E-state index contributed by atoms with van der Waals surface area (Å²) in [5, 5.41) is 0. The second-order valence-corrected chi connectivity index (χ2v) is 3.38. The molecule has 4 heteroatoms. The first-order valence-electron chi connectivity index (χ1n) is 3.60. The Balaban J connectivity index is 3.33. The quantitative estimate of drug-likeness (QED) is 0.751. The van der Waals surface area contributed by atoms with E-state index in [0.717, 1.165) is 6.07 Å². The molecule has 1 aromatic rings. The molecule has 0 radical (unpaired) electrons. The van der Waals surface area contributed by atoms with Crippen LogP contribution < -0.4 is 4.74 Å². The van der Waals surface area contributed by atoms with Gasteiger partial charge in [-0.2, -0.15) is 0 Å². The molecule has 70 valence electrons. The van der Waals surface area contributed by atoms with Crippen molar-refractivity contribution in [2.45, 2.75) is 6.92 Å². The van der Waals surface area contributed by atoms with Crippen LogP contribution in [0, 0.1) is 5.82 Å². The Hall–Kier alpha value is -0.900. The summed E-state index contributed by atoms with van der Waals surface area (Å²) in [5.41, 5.74) is 0.253. The van der Waals surface area contributed by atoms with Gasteiger partial charge in [0.2, 0.25) is 0 Å². The van der Waals surface area contributed by atoms with E-state index < -0.39 is 5.82 Å². The molecule has 0 fully saturated rings. The molecule has 0 unspecified atom stereocenters. The van der Waals surface area contributed by atoms with Gasteiger partial charge in [0.05, 0.1) is 17.1 Å². The number of hydrogen-bond donors (Lipinski definition) is 0. The summed E-state index contributed by atoms with van der Waals surface area (Å²) < 4.78 is 18.2. The summed E-state index contributed by atoms with van der Waals surface area (Å²) in [6.07, 6.45) is 0. The Kier molecular flexibility index (Phi) is 3.03. The number of carbonyl (C=O) groups excluding carboxylic acids is 1. The molecule has 0 spiro atoms. The molecule has 0 saturated heterocycles. The molecule has 1 rings (SSSR count). The van der Waals surface area contributed by atoms with Gasteiger partial charge in [-0.25, -0.2) is 4.39 Å². The van der Waals surface area contributed by atoms with Crippen LogP contribution in [0.25, 0.3) is 0 Å². The molecule has 0 aliphatic rings. The van der Waals surface area contributed by atoms with Gasteiger partial charge in [-0.1, -0.05) is 0 Å². The van der Waals surface area contributed by atoms with Crippen LogP contribution in [0.3, 0.4) is 0 Å². The number of Topliss-reactive ketones (excluding diaryl/α,β-unsaturated/α-hetero) is 1. The summed E-state index contributed by atoms with van der Waals surface area (Å²) >= 11 is 3.00. The molecule has 1 aromatic carbocycles. The standard InChI is InChI=1S/C9H8BrFO2/c1-5(12)6-3-8(11)7(10)4-9(6)13-2/h3-4H,1-2H3. The molecule has 2 nitrogen and oxygen atoms in total. The van der Waals surface area contributed by atoms with Crippen LogP contribution in [0.5, 0.6) is 5.75 Å². The van der Waals surface area contributed by atoms with Gasteiger partial charge in [0.1, 0.15) is 11.6 Å². The van der Waals surface area contributed by atoms with E-state index in [-0.39, 0.29) is 15.8 Å². The van der Waals surface area contributed by atoms with Gasteiger partial charge in [0.15, 0.2) is 5.78 Å². The van der Waals surface area contributed by atoms with Crippen LogP contribution in [0.1, 0.15) is 17.3 Å². The maximum atomic E-state index is 13.0. The molecule has 0 atom stereocenters. The van der Waals surface area contributed by atoms with Crippen LogP contribution >= 0.6 is 15.9 Å². The third-order valence-corrected chi connectivity index (χ3v) is 2.23. The highest BCUT2D eigenvalue weighted by Gasteiger charge is 2.11. The molecule has 13 heavy (non-hydrogen) atoms. The average molecular weight is 247 g/mol. The van der Waals surface area contributed by atoms with Crippen molar-refractivity contribution in [3.8, 4) is 5.75 Å². The smallest absolute Gasteiger partial charge is 0.163 e. The first-order chi connectivity index (χ1) is 6.06.